The quantitative estimate of drug-likeness (QED) is 0.474. The van der Waals surface area contributed by atoms with Crippen LogP contribution in [0.1, 0.15) is 42.3 Å². The minimum Gasteiger partial charge on any atom is -0.369 e. The highest BCUT2D eigenvalue weighted by Crippen LogP contribution is 2.49. The smallest absolute Gasteiger partial charge is 0.253 e. The van der Waals surface area contributed by atoms with E-state index in [0.29, 0.717) is 12.1 Å². The molecule has 5 heteroatoms. The van der Waals surface area contributed by atoms with Crippen molar-refractivity contribution < 1.29 is 14.1 Å². The van der Waals surface area contributed by atoms with Crippen molar-refractivity contribution in [2.75, 3.05) is 6.61 Å². The number of rotatable bonds is 7. The Hall–Kier alpha value is -2.92. The Kier molecular flexibility index (Phi) is 5.14. The van der Waals surface area contributed by atoms with Crippen molar-refractivity contribution in [2.45, 2.75) is 50.3 Å². The molecule has 0 bridgehead atoms. The van der Waals surface area contributed by atoms with Crippen LogP contribution in [0.15, 0.2) is 73.1 Å². The van der Waals surface area contributed by atoms with Gasteiger partial charge in [-0.2, -0.15) is 0 Å². The molecule has 31 heavy (non-hydrogen) atoms. The van der Waals surface area contributed by atoms with Crippen LogP contribution in [0.3, 0.4) is 0 Å². The van der Waals surface area contributed by atoms with E-state index < -0.39 is 5.41 Å². The number of benzene rings is 2. The van der Waals surface area contributed by atoms with E-state index in [2.05, 4.69) is 52.7 Å². The number of nitrogens with zero attached hydrogens (tertiary/aromatic N) is 2. The summed E-state index contributed by atoms with van der Waals surface area (Å²) in [5.74, 6) is 1.12. The van der Waals surface area contributed by atoms with Gasteiger partial charge in [0.1, 0.15) is 36.5 Å². The summed E-state index contributed by atoms with van der Waals surface area (Å²) in [6.07, 6.45) is 7.61. The van der Waals surface area contributed by atoms with E-state index in [9.17, 15) is 4.79 Å². The molecule has 2 fully saturated rings. The van der Waals surface area contributed by atoms with Gasteiger partial charge >= 0.3 is 0 Å². The Bertz CT molecular complexity index is 1020. The summed E-state index contributed by atoms with van der Waals surface area (Å²) >= 11 is 0. The summed E-state index contributed by atoms with van der Waals surface area (Å²) in [5.41, 5.74) is 7.39. The molecule has 1 aromatic heterocycles. The van der Waals surface area contributed by atoms with Crippen LogP contribution in [0.5, 0.6) is 0 Å². The molecule has 2 aromatic carbocycles. The Morgan fingerprint density at radius 1 is 1.10 bits per heavy atom. The fourth-order valence-electron chi connectivity index (χ4n) is 5.62. The van der Waals surface area contributed by atoms with Crippen LogP contribution in [-0.4, -0.2) is 23.2 Å². The maximum absolute atomic E-state index is 13.2. The van der Waals surface area contributed by atoms with Crippen molar-refractivity contribution in [1.29, 1.82) is 0 Å². The van der Waals surface area contributed by atoms with Crippen molar-refractivity contribution in [1.82, 2.24) is 4.57 Å². The Morgan fingerprint density at radius 2 is 1.71 bits per heavy atom. The summed E-state index contributed by atoms with van der Waals surface area (Å²) in [7, 11) is 0. The lowest BCUT2D eigenvalue weighted by molar-refractivity contribution is -0.703. The minimum atomic E-state index is -0.823. The van der Waals surface area contributed by atoms with Crippen molar-refractivity contribution in [2.24, 2.45) is 11.7 Å². The van der Waals surface area contributed by atoms with E-state index in [1.165, 1.54) is 5.82 Å². The molecule has 5 nitrogen and oxygen atoms in total. The molecule has 160 valence electrons. The lowest BCUT2D eigenvalue weighted by Gasteiger charge is -2.37. The van der Waals surface area contributed by atoms with Gasteiger partial charge in [0.2, 0.25) is 5.91 Å². The third-order valence-electron chi connectivity index (χ3n) is 7.26. The molecule has 2 heterocycles. The van der Waals surface area contributed by atoms with E-state index in [1.807, 2.05) is 36.4 Å². The highest BCUT2D eigenvalue weighted by Gasteiger charge is 2.51. The van der Waals surface area contributed by atoms with Gasteiger partial charge in [0.05, 0.1) is 6.61 Å². The predicted molar refractivity (Wildman–Crippen MR) is 118 cm³/mol. The van der Waals surface area contributed by atoms with E-state index in [0.717, 1.165) is 43.5 Å². The monoisotopic (exact) mass is 416 g/mol. The first kappa shape index (κ1) is 20.0. The van der Waals surface area contributed by atoms with Crippen molar-refractivity contribution in [3.05, 3.63) is 90.0 Å². The first-order valence-corrected chi connectivity index (χ1v) is 11.2. The molecule has 0 spiro atoms. The maximum Gasteiger partial charge on any atom is 0.253 e. The van der Waals surface area contributed by atoms with Gasteiger partial charge in [0.15, 0.2) is 0 Å². The molecule has 3 aromatic rings. The van der Waals surface area contributed by atoms with Gasteiger partial charge in [0.25, 0.3) is 5.82 Å². The molecule has 1 aliphatic heterocycles. The topological polar surface area (TPSA) is 64.4 Å². The van der Waals surface area contributed by atoms with E-state index >= 15 is 0 Å². The number of aromatic nitrogens is 2. The number of epoxide rings is 1. The number of hydrogen-bond acceptors (Lipinski definition) is 2. The maximum atomic E-state index is 13.2. The molecule has 1 aliphatic carbocycles. The summed E-state index contributed by atoms with van der Waals surface area (Å²) in [4.78, 5) is 13.2. The molecule has 1 saturated carbocycles. The summed E-state index contributed by atoms with van der Waals surface area (Å²) in [6, 6.07) is 20.5. The van der Waals surface area contributed by atoms with Gasteiger partial charge in [-0.1, -0.05) is 60.7 Å². The second kappa shape index (κ2) is 7.97. The molecule has 1 saturated heterocycles. The van der Waals surface area contributed by atoms with Crippen molar-refractivity contribution in [3.63, 3.8) is 0 Å². The number of carbonyl (C=O) groups excluding carboxylic acids is 1. The standard InChI is InChI=1S/C26H29N3O2/c1-19-28(17-24-18-31-24)14-15-29(19)23-13-12-22(16-23)26(25(27)30,20-8-4-2-5-9-20)21-10-6-3-7-11-21/h2-11,14-15,22-24H,12-13,16-18H2,1H3,(H-,27,30)/p+1/t22-,23-,24?/m1/s1. The number of hydrogen-bond donors (Lipinski definition) is 1. The molecular formula is C26H30N3O2+. The van der Waals surface area contributed by atoms with Gasteiger partial charge in [-0.3, -0.25) is 4.79 Å². The predicted octanol–water partition coefficient (Wildman–Crippen LogP) is 3.30. The second-order valence-corrected chi connectivity index (χ2v) is 8.93. The van der Waals surface area contributed by atoms with Gasteiger partial charge in [-0.25, -0.2) is 9.13 Å². The first-order chi connectivity index (χ1) is 15.1. The highest BCUT2D eigenvalue weighted by molar-refractivity contribution is 5.91. The second-order valence-electron chi connectivity index (χ2n) is 8.93. The molecule has 0 radical (unpaired) electrons. The minimum absolute atomic E-state index is 0.141. The Morgan fingerprint density at radius 3 is 2.26 bits per heavy atom. The van der Waals surface area contributed by atoms with Crippen LogP contribution in [0.25, 0.3) is 0 Å². The summed E-state index contributed by atoms with van der Waals surface area (Å²) < 4.78 is 10.1. The number of carbonyl (C=O) groups is 1. The van der Waals surface area contributed by atoms with Gasteiger partial charge in [-0.15, -0.1) is 0 Å². The van der Waals surface area contributed by atoms with E-state index in [4.69, 9.17) is 10.5 Å². The number of amides is 1. The van der Waals surface area contributed by atoms with Crippen molar-refractivity contribution in [3.8, 4) is 0 Å². The zero-order valence-electron chi connectivity index (χ0n) is 18.0. The van der Waals surface area contributed by atoms with Gasteiger partial charge in [0, 0.05) is 6.92 Å². The SMILES string of the molecule is Cc1n([C@@H]2CC[C@@H](C(C(N)=O)(c3ccccc3)c3ccccc3)C2)cc[n+]1CC1CO1. The Labute approximate surface area is 183 Å². The molecular weight excluding hydrogens is 386 g/mol. The van der Waals surface area contributed by atoms with E-state index in [1.54, 1.807) is 0 Å². The number of nitrogens with two attached hydrogens (primary N) is 1. The lowest BCUT2D eigenvalue weighted by Crippen LogP contribution is -2.47. The first-order valence-electron chi connectivity index (χ1n) is 11.2. The van der Waals surface area contributed by atoms with Crippen LogP contribution in [-0.2, 0) is 21.5 Å². The summed E-state index contributed by atoms with van der Waals surface area (Å²) in [5, 5.41) is 0. The Balaban J connectivity index is 1.51. The molecule has 2 aliphatic rings. The van der Waals surface area contributed by atoms with Crippen LogP contribution >= 0.6 is 0 Å². The fraction of sp³-hybridized carbons (Fsp3) is 0.385. The molecule has 1 amide bonds. The van der Waals surface area contributed by atoms with Gasteiger partial charge in [-0.05, 0) is 36.3 Å². The van der Waals surface area contributed by atoms with Crippen LogP contribution in [0, 0.1) is 12.8 Å². The number of imidazole rings is 1. The molecule has 5 rings (SSSR count). The van der Waals surface area contributed by atoms with Gasteiger partial charge < -0.3 is 10.5 Å². The zero-order valence-corrected chi connectivity index (χ0v) is 18.0. The molecule has 3 atom stereocenters. The third kappa shape index (κ3) is 3.47. The average molecular weight is 417 g/mol. The lowest BCUT2D eigenvalue weighted by atomic mass is 9.64. The zero-order chi connectivity index (χ0) is 21.4. The van der Waals surface area contributed by atoms with Crippen LogP contribution < -0.4 is 10.3 Å². The number of primary amides is 1. The van der Waals surface area contributed by atoms with Crippen molar-refractivity contribution >= 4 is 5.91 Å². The largest absolute Gasteiger partial charge is 0.369 e. The third-order valence-corrected chi connectivity index (χ3v) is 7.26. The molecule has 2 N–H and O–H groups in total. The normalized spacial score (nSPS) is 23.1. The number of ether oxygens (including phenoxy) is 1. The van der Waals surface area contributed by atoms with Crippen LogP contribution in [0.4, 0.5) is 0 Å². The van der Waals surface area contributed by atoms with E-state index in [-0.39, 0.29) is 11.8 Å². The molecule has 1 unspecified atom stereocenters. The fourth-order valence-corrected chi connectivity index (χ4v) is 5.62. The average Bonchev–Trinajstić information content (AvgIpc) is 3.36. The summed E-state index contributed by atoms with van der Waals surface area (Å²) in [6.45, 7) is 3.94. The van der Waals surface area contributed by atoms with Crippen LogP contribution in [0.2, 0.25) is 0 Å². The highest BCUT2D eigenvalue weighted by atomic mass is 16.6.